The Labute approximate surface area is 177 Å². The Morgan fingerprint density at radius 1 is 1.20 bits per heavy atom. The van der Waals surface area contributed by atoms with Crippen LogP contribution < -0.4 is 5.32 Å². The monoisotopic (exact) mass is 420 g/mol. The number of nitrogens with zero attached hydrogens (tertiary/aromatic N) is 5. The van der Waals surface area contributed by atoms with E-state index in [9.17, 15) is 4.79 Å². The Morgan fingerprint density at radius 2 is 2.03 bits per heavy atom. The first-order valence-electron chi connectivity index (χ1n) is 9.38. The van der Waals surface area contributed by atoms with Crippen molar-refractivity contribution >= 4 is 23.5 Å². The fraction of sp³-hybridized carbons (Fsp3) is 0.190. The van der Waals surface area contributed by atoms with Crippen LogP contribution in [0, 0.1) is 6.92 Å². The molecule has 4 aromatic rings. The molecule has 0 aliphatic heterocycles. The van der Waals surface area contributed by atoms with Gasteiger partial charge in [-0.3, -0.25) is 14.3 Å². The van der Waals surface area contributed by atoms with Gasteiger partial charge in [0.2, 0.25) is 5.91 Å². The lowest BCUT2D eigenvalue weighted by Gasteiger charge is -2.13. The fourth-order valence-electron chi connectivity index (χ4n) is 2.86. The molecule has 0 bridgehead atoms. The topological polar surface area (TPSA) is 98.7 Å². The number of nitrogens with one attached hydrogen (secondary N) is 1. The number of anilines is 1. The molecule has 0 spiro atoms. The molecule has 0 aliphatic rings. The molecule has 152 valence electrons. The highest BCUT2D eigenvalue weighted by Crippen LogP contribution is 2.28. The summed E-state index contributed by atoms with van der Waals surface area (Å²) in [5, 5.41) is 15.5. The number of hydrogen-bond acceptors (Lipinski definition) is 7. The highest BCUT2D eigenvalue weighted by molar-refractivity contribution is 8.00. The van der Waals surface area contributed by atoms with E-state index in [0.29, 0.717) is 29.1 Å². The maximum Gasteiger partial charge on any atom is 0.238 e. The summed E-state index contributed by atoms with van der Waals surface area (Å²) in [4.78, 5) is 16.8. The van der Waals surface area contributed by atoms with Crippen molar-refractivity contribution in [2.75, 3.05) is 5.32 Å². The molecule has 0 radical (unpaired) electrons. The summed E-state index contributed by atoms with van der Waals surface area (Å²) in [5.74, 6) is 1.54. The average Bonchev–Trinajstić information content (AvgIpc) is 3.35. The summed E-state index contributed by atoms with van der Waals surface area (Å²) in [5.41, 5.74) is 1.97. The molecule has 1 aromatic carbocycles. The predicted octanol–water partition coefficient (Wildman–Crippen LogP) is 3.80. The number of aryl methyl sites for hydroxylation is 1. The van der Waals surface area contributed by atoms with Crippen LogP contribution in [0.5, 0.6) is 0 Å². The van der Waals surface area contributed by atoms with Crippen LogP contribution >= 0.6 is 11.8 Å². The second-order valence-electron chi connectivity index (χ2n) is 6.69. The van der Waals surface area contributed by atoms with Gasteiger partial charge in [-0.05, 0) is 31.5 Å². The van der Waals surface area contributed by atoms with Gasteiger partial charge in [-0.2, -0.15) is 0 Å². The van der Waals surface area contributed by atoms with Crippen molar-refractivity contribution < 1.29 is 9.32 Å². The van der Waals surface area contributed by atoms with Crippen LogP contribution in [-0.4, -0.2) is 36.1 Å². The van der Waals surface area contributed by atoms with Crippen molar-refractivity contribution in [3.63, 3.8) is 0 Å². The standard InChI is InChI=1S/C21H20N6O2S/c1-14-11-18(26-29-14)23-20(28)15(2)30-21-25-24-19(17-9-6-10-22-12-17)27(21)13-16-7-4-3-5-8-16/h3-12,15H,13H2,1-2H3,(H,23,26,28). The van der Waals surface area contributed by atoms with Gasteiger partial charge in [0, 0.05) is 24.0 Å². The molecule has 3 heterocycles. The van der Waals surface area contributed by atoms with E-state index in [2.05, 4.69) is 25.7 Å². The van der Waals surface area contributed by atoms with Gasteiger partial charge in [0.25, 0.3) is 0 Å². The molecule has 3 aromatic heterocycles. The molecule has 0 saturated heterocycles. The zero-order chi connectivity index (χ0) is 20.9. The maximum atomic E-state index is 12.6. The Hall–Kier alpha value is -3.46. The summed E-state index contributed by atoms with van der Waals surface area (Å²) in [6.45, 7) is 4.17. The summed E-state index contributed by atoms with van der Waals surface area (Å²) in [6.07, 6.45) is 3.47. The number of benzene rings is 1. The first-order valence-corrected chi connectivity index (χ1v) is 10.3. The smallest absolute Gasteiger partial charge is 0.238 e. The molecule has 4 rings (SSSR count). The third kappa shape index (κ3) is 4.57. The minimum atomic E-state index is -0.414. The van der Waals surface area contributed by atoms with Gasteiger partial charge in [0.1, 0.15) is 5.76 Å². The highest BCUT2D eigenvalue weighted by Gasteiger charge is 2.22. The van der Waals surface area contributed by atoms with Gasteiger partial charge in [0.05, 0.1) is 11.8 Å². The lowest BCUT2D eigenvalue weighted by atomic mass is 10.2. The minimum Gasteiger partial charge on any atom is -0.360 e. The highest BCUT2D eigenvalue weighted by atomic mass is 32.2. The molecule has 1 atom stereocenters. The van der Waals surface area contributed by atoms with Crippen molar-refractivity contribution in [2.24, 2.45) is 0 Å². The third-order valence-corrected chi connectivity index (χ3v) is 5.43. The molecular weight excluding hydrogens is 400 g/mol. The van der Waals surface area contributed by atoms with Crippen LogP contribution in [0.4, 0.5) is 5.82 Å². The number of rotatable bonds is 7. The van der Waals surface area contributed by atoms with Crippen LogP contribution in [-0.2, 0) is 11.3 Å². The summed E-state index contributed by atoms with van der Waals surface area (Å²) >= 11 is 1.34. The molecule has 0 fully saturated rings. The summed E-state index contributed by atoms with van der Waals surface area (Å²) < 4.78 is 7.00. The SMILES string of the molecule is Cc1cc(NC(=O)C(C)Sc2nnc(-c3cccnc3)n2Cc2ccccc2)no1. The van der Waals surface area contributed by atoms with E-state index >= 15 is 0 Å². The minimum absolute atomic E-state index is 0.189. The van der Waals surface area contributed by atoms with Crippen molar-refractivity contribution in [3.05, 3.63) is 72.2 Å². The molecule has 0 saturated carbocycles. The lowest BCUT2D eigenvalue weighted by Crippen LogP contribution is -2.23. The number of aromatic nitrogens is 5. The number of carbonyl (C=O) groups is 1. The summed E-state index contributed by atoms with van der Waals surface area (Å²) in [7, 11) is 0. The predicted molar refractivity (Wildman–Crippen MR) is 114 cm³/mol. The van der Waals surface area contributed by atoms with Gasteiger partial charge in [-0.1, -0.05) is 47.3 Å². The quantitative estimate of drug-likeness (QED) is 0.454. The third-order valence-electron chi connectivity index (χ3n) is 4.35. The molecule has 1 unspecified atom stereocenters. The van der Waals surface area contributed by atoms with E-state index in [-0.39, 0.29) is 5.91 Å². The number of hydrogen-bond donors (Lipinski definition) is 1. The summed E-state index contributed by atoms with van der Waals surface area (Å²) in [6, 6.07) is 15.5. The Balaban J connectivity index is 1.59. The Bertz CT molecular complexity index is 1130. The molecule has 30 heavy (non-hydrogen) atoms. The Morgan fingerprint density at radius 3 is 2.73 bits per heavy atom. The van der Waals surface area contributed by atoms with Crippen LogP contribution in [0.1, 0.15) is 18.2 Å². The first-order chi connectivity index (χ1) is 14.6. The van der Waals surface area contributed by atoms with Crippen molar-refractivity contribution in [3.8, 4) is 11.4 Å². The normalized spacial score (nSPS) is 11.9. The molecule has 1 N–H and O–H groups in total. The van der Waals surface area contributed by atoms with E-state index in [1.807, 2.05) is 54.0 Å². The van der Waals surface area contributed by atoms with Crippen molar-refractivity contribution in [1.82, 2.24) is 24.9 Å². The van der Waals surface area contributed by atoms with Gasteiger partial charge < -0.3 is 9.84 Å². The van der Waals surface area contributed by atoms with Gasteiger partial charge in [-0.25, -0.2) is 0 Å². The molecule has 1 amide bonds. The molecule has 8 nitrogen and oxygen atoms in total. The van der Waals surface area contributed by atoms with E-state index < -0.39 is 5.25 Å². The van der Waals surface area contributed by atoms with Gasteiger partial charge in [-0.15, -0.1) is 10.2 Å². The zero-order valence-corrected chi connectivity index (χ0v) is 17.3. The fourth-order valence-corrected chi connectivity index (χ4v) is 3.71. The first kappa shape index (κ1) is 19.8. The van der Waals surface area contributed by atoms with Gasteiger partial charge >= 0.3 is 0 Å². The van der Waals surface area contributed by atoms with E-state index in [4.69, 9.17) is 4.52 Å². The van der Waals surface area contributed by atoms with Gasteiger partial charge in [0.15, 0.2) is 16.8 Å². The lowest BCUT2D eigenvalue weighted by molar-refractivity contribution is -0.115. The van der Waals surface area contributed by atoms with Crippen molar-refractivity contribution in [1.29, 1.82) is 0 Å². The zero-order valence-electron chi connectivity index (χ0n) is 16.5. The second-order valence-corrected chi connectivity index (χ2v) is 8.00. The van der Waals surface area contributed by atoms with Crippen LogP contribution in [0.15, 0.2) is 70.6 Å². The molecular formula is C21H20N6O2S. The van der Waals surface area contributed by atoms with E-state index in [1.165, 1.54) is 11.8 Å². The maximum absolute atomic E-state index is 12.6. The van der Waals surface area contributed by atoms with E-state index in [0.717, 1.165) is 11.1 Å². The largest absolute Gasteiger partial charge is 0.360 e. The second kappa shape index (κ2) is 8.91. The van der Waals surface area contributed by atoms with Crippen LogP contribution in [0.25, 0.3) is 11.4 Å². The van der Waals surface area contributed by atoms with Crippen LogP contribution in [0.2, 0.25) is 0 Å². The van der Waals surface area contributed by atoms with Crippen molar-refractivity contribution in [2.45, 2.75) is 30.8 Å². The number of pyridine rings is 1. The molecule has 0 aliphatic carbocycles. The van der Waals surface area contributed by atoms with Crippen LogP contribution in [0.3, 0.4) is 0 Å². The number of carbonyl (C=O) groups excluding carboxylic acids is 1. The number of thioether (sulfide) groups is 1. The Kier molecular flexibility index (Phi) is 5.89. The van der Waals surface area contributed by atoms with E-state index in [1.54, 1.807) is 25.4 Å². The number of amides is 1. The molecule has 9 heteroatoms. The average molecular weight is 420 g/mol.